The number of aliphatic carboxylic acids is 1. The third-order valence-electron chi connectivity index (χ3n) is 3.14. The van der Waals surface area contributed by atoms with Crippen LogP contribution in [0.1, 0.15) is 29.6 Å². The molecule has 1 amide bonds. The van der Waals surface area contributed by atoms with Crippen LogP contribution in [0.4, 0.5) is 0 Å². The van der Waals surface area contributed by atoms with Crippen molar-refractivity contribution in [1.82, 2.24) is 15.1 Å². The molecule has 7 nitrogen and oxygen atoms in total. The summed E-state index contributed by atoms with van der Waals surface area (Å²) in [5, 5.41) is 14.9. The van der Waals surface area contributed by atoms with Crippen LogP contribution in [0, 0.1) is 0 Å². The Hall–Kier alpha value is -1.89. The van der Waals surface area contributed by atoms with E-state index in [2.05, 4.69) is 10.2 Å². The van der Waals surface area contributed by atoms with E-state index in [1.807, 2.05) is 0 Å². The fraction of sp³-hybridized carbons (Fsp3) is 0.583. The predicted molar refractivity (Wildman–Crippen MR) is 65.7 cm³/mol. The zero-order chi connectivity index (χ0) is 13.7. The third-order valence-corrected chi connectivity index (χ3v) is 3.14. The summed E-state index contributed by atoms with van der Waals surface area (Å²) in [6.07, 6.45) is 4.64. The van der Waals surface area contributed by atoms with E-state index in [9.17, 15) is 9.59 Å². The Morgan fingerprint density at radius 2 is 2.21 bits per heavy atom. The van der Waals surface area contributed by atoms with Gasteiger partial charge in [-0.2, -0.15) is 5.10 Å². The Kier molecular flexibility index (Phi) is 4.51. The number of carboxylic acids is 1. The maximum absolute atomic E-state index is 12.0. The highest BCUT2D eigenvalue weighted by Crippen LogP contribution is 2.16. The molecular weight excluding hydrogens is 250 g/mol. The monoisotopic (exact) mass is 267 g/mol. The number of H-pyrrole nitrogens is 1. The number of amides is 1. The third kappa shape index (κ3) is 3.78. The van der Waals surface area contributed by atoms with Gasteiger partial charge in [-0.15, -0.1) is 0 Å². The van der Waals surface area contributed by atoms with Crippen LogP contribution in [-0.4, -0.2) is 57.9 Å². The smallest absolute Gasteiger partial charge is 0.305 e. The van der Waals surface area contributed by atoms with Gasteiger partial charge in [0.25, 0.3) is 5.91 Å². The van der Waals surface area contributed by atoms with Gasteiger partial charge >= 0.3 is 5.97 Å². The van der Waals surface area contributed by atoms with Crippen molar-refractivity contribution in [3.8, 4) is 0 Å². The molecule has 1 aliphatic heterocycles. The van der Waals surface area contributed by atoms with Crippen LogP contribution < -0.4 is 0 Å². The summed E-state index contributed by atoms with van der Waals surface area (Å²) in [6.45, 7) is 1.49. The Bertz CT molecular complexity index is 424. The van der Waals surface area contributed by atoms with Crippen LogP contribution in [0.5, 0.6) is 0 Å². The lowest BCUT2D eigenvalue weighted by atomic mass is 10.1. The molecule has 19 heavy (non-hydrogen) atoms. The van der Waals surface area contributed by atoms with Gasteiger partial charge in [-0.25, -0.2) is 0 Å². The molecule has 0 spiro atoms. The minimum atomic E-state index is -0.854. The first kappa shape index (κ1) is 13.5. The first-order valence-corrected chi connectivity index (χ1v) is 6.28. The van der Waals surface area contributed by atoms with Crippen molar-refractivity contribution in [2.24, 2.45) is 0 Å². The van der Waals surface area contributed by atoms with Crippen molar-refractivity contribution in [2.75, 3.05) is 19.7 Å². The number of likely N-dealkylation sites (tertiary alicyclic amines) is 1. The highest BCUT2D eigenvalue weighted by Gasteiger charge is 2.24. The number of hydrogen-bond acceptors (Lipinski definition) is 4. The normalized spacial score (nSPS) is 16.5. The van der Waals surface area contributed by atoms with E-state index in [-0.39, 0.29) is 25.0 Å². The Balaban J connectivity index is 1.73. The molecule has 0 unspecified atom stereocenters. The van der Waals surface area contributed by atoms with Crippen molar-refractivity contribution in [3.05, 3.63) is 18.0 Å². The molecule has 104 valence electrons. The average Bonchev–Trinajstić information content (AvgIpc) is 2.92. The fourth-order valence-corrected chi connectivity index (χ4v) is 2.09. The molecular formula is C12H17N3O4. The number of ether oxygens (including phenoxy) is 1. The number of nitrogens with one attached hydrogen (secondary N) is 1. The summed E-state index contributed by atoms with van der Waals surface area (Å²) in [5.41, 5.74) is 0.560. The van der Waals surface area contributed by atoms with Crippen LogP contribution in [0.25, 0.3) is 0 Å². The van der Waals surface area contributed by atoms with Crippen LogP contribution in [0.15, 0.2) is 12.4 Å². The molecule has 1 aromatic rings. The van der Waals surface area contributed by atoms with Gasteiger partial charge in [0.05, 0.1) is 30.9 Å². The lowest BCUT2D eigenvalue weighted by Gasteiger charge is -2.31. The number of hydrogen-bond donors (Lipinski definition) is 2. The van der Waals surface area contributed by atoms with Gasteiger partial charge in [-0.3, -0.25) is 14.7 Å². The zero-order valence-corrected chi connectivity index (χ0v) is 10.5. The predicted octanol–water partition coefficient (Wildman–Crippen LogP) is 0.506. The lowest BCUT2D eigenvalue weighted by Crippen LogP contribution is -2.40. The molecule has 1 saturated heterocycles. The Morgan fingerprint density at radius 3 is 2.79 bits per heavy atom. The molecule has 0 radical (unpaired) electrons. The Morgan fingerprint density at radius 1 is 1.47 bits per heavy atom. The van der Waals surface area contributed by atoms with E-state index in [0.29, 0.717) is 18.7 Å². The van der Waals surface area contributed by atoms with Crippen molar-refractivity contribution in [3.63, 3.8) is 0 Å². The Labute approximate surface area is 110 Å². The van der Waals surface area contributed by atoms with E-state index in [0.717, 1.165) is 12.8 Å². The van der Waals surface area contributed by atoms with Gasteiger partial charge < -0.3 is 14.7 Å². The summed E-state index contributed by atoms with van der Waals surface area (Å²) in [6, 6.07) is 0. The number of carboxylic acid groups (broad SMARTS) is 1. The van der Waals surface area contributed by atoms with Gasteiger partial charge in [0.15, 0.2) is 0 Å². The van der Waals surface area contributed by atoms with E-state index in [1.54, 1.807) is 11.1 Å². The quantitative estimate of drug-likeness (QED) is 0.810. The van der Waals surface area contributed by atoms with E-state index in [4.69, 9.17) is 9.84 Å². The summed E-state index contributed by atoms with van der Waals surface area (Å²) >= 11 is 0. The van der Waals surface area contributed by atoms with Crippen LogP contribution in [0.2, 0.25) is 0 Å². The number of aromatic amines is 1. The van der Waals surface area contributed by atoms with Crippen molar-refractivity contribution < 1.29 is 19.4 Å². The zero-order valence-electron chi connectivity index (χ0n) is 10.5. The van der Waals surface area contributed by atoms with Crippen LogP contribution in [0.3, 0.4) is 0 Å². The summed E-state index contributed by atoms with van der Waals surface area (Å²) in [7, 11) is 0. The van der Waals surface area contributed by atoms with Gasteiger partial charge in [0.1, 0.15) is 0 Å². The number of carbonyl (C=O) groups excluding carboxylic acids is 1. The summed E-state index contributed by atoms with van der Waals surface area (Å²) < 4.78 is 5.48. The van der Waals surface area contributed by atoms with Crippen molar-refractivity contribution >= 4 is 11.9 Å². The van der Waals surface area contributed by atoms with Crippen molar-refractivity contribution in [1.29, 1.82) is 0 Å². The second kappa shape index (κ2) is 6.33. The van der Waals surface area contributed by atoms with Crippen LogP contribution >= 0.6 is 0 Å². The van der Waals surface area contributed by atoms with Gasteiger partial charge in [-0.1, -0.05) is 0 Å². The molecule has 2 N–H and O–H groups in total. The molecule has 1 aliphatic rings. The number of carbonyl (C=O) groups is 2. The average molecular weight is 267 g/mol. The van der Waals surface area contributed by atoms with E-state index in [1.165, 1.54) is 6.20 Å². The van der Waals surface area contributed by atoms with Gasteiger partial charge in [0.2, 0.25) is 0 Å². The fourth-order valence-electron chi connectivity index (χ4n) is 2.09. The summed E-state index contributed by atoms with van der Waals surface area (Å²) in [5.74, 6) is -0.884. The second-order valence-corrected chi connectivity index (χ2v) is 4.49. The van der Waals surface area contributed by atoms with Gasteiger partial charge in [-0.05, 0) is 12.8 Å². The topological polar surface area (TPSA) is 95.5 Å². The maximum atomic E-state index is 12.0. The van der Waals surface area contributed by atoms with E-state index < -0.39 is 5.97 Å². The van der Waals surface area contributed by atoms with Crippen molar-refractivity contribution in [2.45, 2.75) is 25.4 Å². The first-order chi connectivity index (χ1) is 9.16. The minimum absolute atomic E-state index is 0.0220. The number of piperidine rings is 1. The molecule has 1 aromatic heterocycles. The molecule has 2 heterocycles. The minimum Gasteiger partial charge on any atom is -0.481 e. The standard InChI is InChI=1S/C12H17N3O4/c16-11(17)3-6-19-10-1-4-15(5-2-10)12(18)9-7-13-14-8-9/h7-8,10H,1-6H2,(H,13,14)(H,16,17). The highest BCUT2D eigenvalue weighted by atomic mass is 16.5. The molecule has 0 bridgehead atoms. The SMILES string of the molecule is O=C(O)CCOC1CCN(C(=O)c2cn[nH]c2)CC1. The number of aromatic nitrogens is 2. The number of nitrogens with zero attached hydrogens (tertiary/aromatic N) is 2. The molecule has 0 aliphatic carbocycles. The maximum Gasteiger partial charge on any atom is 0.305 e. The van der Waals surface area contributed by atoms with E-state index >= 15 is 0 Å². The number of rotatable bonds is 5. The first-order valence-electron chi connectivity index (χ1n) is 6.28. The van der Waals surface area contributed by atoms with Gasteiger partial charge in [0, 0.05) is 19.3 Å². The molecule has 0 saturated carbocycles. The molecule has 7 heteroatoms. The van der Waals surface area contributed by atoms with Crippen LogP contribution in [-0.2, 0) is 9.53 Å². The highest BCUT2D eigenvalue weighted by molar-refractivity contribution is 5.93. The molecule has 2 rings (SSSR count). The largest absolute Gasteiger partial charge is 0.481 e. The lowest BCUT2D eigenvalue weighted by molar-refractivity contribution is -0.138. The molecule has 1 fully saturated rings. The second-order valence-electron chi connectivity index (χ2n) is 4.49. The molecule has 0 aromatic carbocycles. The molecule has 0 atom stereocenters. The summed E-state index contributed by atoms with van der Waals surface area (Å²) in [4.78, 5) is 24.2.